The lowest BCUT2D eigenvalue weighted by molar-refractivity contribution is 0.244. The highest BCUT2D eigenvalue weighted by atomic mass is 35.5. The molecule has 0 amide bonds. The molecule has 0 atom stereocenters. The van der Waals surface area contributed by atoms with E-state index in [0.717, 1.165) is 46.8 Å². The van der Waals surface area contributed by atoms with Gasteiger partial charge >= 0.3 is 0 Å². The minimum atomic E-state index is 0.297. The normalized spacial score (nSPS) is 20.5. The molecular formula is C23H29ClN2O2. The van der Waals surface area contributed by atoms with E-state index in [2.05, 4.69) is 4.90 Å². The number of hydrogen-bond donors (Lipinski definition) is 0. The second-order valence-corrected chi connectivity index (χ2v) is 9.03. The van der Waals surface area contributed by atoms with Crippen molar-refractivity contribution < 1.29 is 9.47 Å². The van der Waals surface area contributed by atoms with E-state index < -0.39 is 0 Å². The molecule has 28 heavy (non-hydrogen) atoms. The summed E-state index contributed by atoms with van der Waals surface area (Å²) in [6, 6.07) is 4.04. The number of halogens is 1. The number of benzene rings is 1. The van der Waals surface area contributed by atoms with Crippen LogP contribution in [0.15, 0.2) is 12.1 Å². The minimum Gasteiger partial charge on any atom is -0.493 e. The third-order valence-corrected chi connectivity index (χ3v) is 7.43. The average Bonchev–Trinajstić information content (AvgIpc) is 3.32. The van der Waals surface area contributed by atoms with Gasteiger partial charge in [-0.1, -0.05) is 18.0 Å². The Morgan fingerprint density at radius 2 is 1.93 bits per heavy atom. The van der Waals surface area contributed by atoms with Crippen LogP contribution in [0, 0.1) is 0 Å². The number of pyridine rings is 1. The van der Waals surface area contributed by atoms with Gasteiger partial charge in [0.05, 0.1) is 24.3 Å². The van der Waals surface area contributed by atoms with Crippen LogP contribution in [0.4, 0.5) is 0 Å². The lowest BCUT2D eigenvalue weighted by Gasteiger charge is -2.39. The third-order valence-electron chi connectivity index (χ3n) is 7.04. The number of rotatable bonds is 6. The van der Waals surface area contributed by atoms with Crippen LogP contribution in [0.3, 0.4) is 0 Å². The first kappa shape index (κ1) is 18.5. The quantitative estimate of drug-likeness (QED) is 0.629. The van der Waals surface area contributed by atoms with E-state index in [-0.39, 0.29) is 0 Å². The Balaban J connectivity index is 1.39. The zero-order valence-electron chi connectivity index (χ0n) is 16.7. The minimum absolute atomic E-state index is 0.297. The molecule has 0 bridgehead atoms. The zero-order chi connectivity index (χ0) is 19.1. The Morgan fingerprint density at radius 1 is 1.11 bits per heavy atom. The maximum absolute atomic E-state index is 6.92. The van der Waals surface area contributed by atoms with E-state index in [0.29, 0.717) is 12.0 Å². The number of nitrogens with zero attached hydrogens (tertiary/aromatic N) is 2. The Hall–Kier alpha value is -1.52. The Labute approximate surface area is 172 Å². The number of ether oxygens (including phenoxy) is 2. The van der Waals surface area contributed by atoms with E-state index in [4.69, 9.17) is 26.1 Å². The molecule has 0 unspecified atom stereocenters. The van der Waals surface area contributed by atoms with Crippen LogP contribution >= 0.6 is 11.6 Å². The first-order valence-electron chi connectivity index (χ1n) is 10.8. The van der Waals surface area contributed by atoms with Crippen LogP contribution in [0.2, 0.25) is 5.02 Å². The van der Waals surface area contributed by atoms with Gasteiger partial charge < -0.3 is 14.4 Å². The molecule has 3 aliphatic rings. The third kappa shape index (κ3) is 3.05. The standard InChI is InChI=1S/C23H29ClN2O2/c1-27-19-14-16-18(15-20(19)28-13-5-12-26-10-2-3-11-26)25-17-6-9-23(7-4-8-23)21(17)22(16)24/h14-15H,2-13H2,1H3. The average molecular weight is 401 g/mol. The molecule has 4 nitrogen and oxygen atoms in total. The second-order valence-electron chi connectivity index (χ2n) is 8.65. The van der Waals surface area contributed by atoms with Gasteiger partial charge in [0, 0.05) is 23.7 Å². The molecule has 2 aromatic rings. The fourth-order valence-electron chi connectivity index (χ4n) is 5.34. The van der Waals surface area contributed by atoms with Crippen LogP contribution in [0.1, 0.15) is 56.2 Å². The number of aryl methyl sites for hydroxylation is 1. The number of aromatic nitrogens is 1. The predicted molar refractivity (Wildman–Crippen MR) is 113 cm³/mol. The van der Waals surface area contributed by atoms with Crippen molar-refractivity contribution in [3.8, 4) is 11.5 Å². The summed E-state index contributed by atoms with van der Waals surface area (Å²) in [5.41, 5.74) is 3.73. The first-order chi connectivity index (χ1) is 13.7. The van der Waals surface area contributed by atoms with Crippen molar-refractivity contribution in [3.63, 3.8) is 0 Å². The van der Waals surface area contributed by atoms with E-state index >= 15 is 0 Å². The molecule has 1 aromatic heterocycles. The topological polar surface area (TPSA) is 34.6 Å². The largest absolute Gasteiger partial charge is 0.493 e. The van der Waals surface area contributed by atoms with Gasteiger partial charge in [0.15, 0.2) is 11.5 Å². The Bertz CT molecular complexity index is 888. The first-order valence-corrected chi connectivity index (χ1v) is 11.1. The van der Waals surface area contributed by atoms with Crippen LogP contribution in [0.25, 0.3) is 10.9 Å². The summed E-state index contributed by atoms with van der Waals surface area (Å²) in [4.78, 5) is 7.51. The summed E-state index contributed by atoms with van der Waals surface area (Å²) in [5, 5.41) is 1.88. The van der Waals surface area contributed by atoms with Crippen LogP contribution in [-0.2, 0) is 11.8 Å². The van der Waals surface area contributed by atoms with Gasteiger partial charge in [-0.05, 0) is 75.1 Å². The summed E-state index contributed by atoms with van der Waals surface area (Å²) in [5.74, 6) is 1.52. The molecule has 2 aliphatic carbocycles. The predicted octanol–water partition coefficient (Wildman–Crippen LogP) is 5.13. The monoisotopic (exact) mass is 400 g/mol. The van der Waals surface area contributed by atoms with Gasteiger partial charge in [-0.2, -0.15) is 0 Å². The number of fused-ring (bicyclic) bond motifs is 3. The summed E-state index contributed by atoms with van der Waals surface area (Å²) >= 11 is 6.92. The zero-order valence-corrected chi connectivity index (χ0v) is 17.5. The van der Waals surface area contributed by atoms with Gasteiger partial charge in [0.25, 0.3) is 0 Å². The molecule has 1 saturated heterocycles. The number of hydrogen-bond acceptors (Lipinski definition) is 4. The van der Waals surface area contributed by atoms with Gasteiger partial charge in [-0.15, -0.1) is 0 Å². The number of likely N-dealkylation sites (tertiary alicyclic amines) is 1. The molecular weight excluding hydrogens is 372 g/mol. The Kier molecular flexibility index (Phi) is 4.88. The lowest BCUT2D eigenvalue weighted by Crippen LogP contribution is -2.31. The molecule has 1 saturated carbocycles. The van der Waals surface area contributed by atoms with Crippen LogP contribution in [0.5, 0.6) is 11.5 Å². The van der Waals surface area contributed by atoms with Crippen molar-refractivity contribution in [1.82, 2.24) is 9.88 Å². The van der Waals surface area contributed by atoms with Crippen molar-refractivity contribution in [2.75, 3.05) is 33.4 Å². The second kappa shape index (κ2) is 7.38. The van der Waals surface area contributed by atoms with E-state index in [9.17, 15) is 0 Å². The van der Waals surface area contributed by atoms with E-state index in [1.165, 1.54) is 62.9 Å². The molecule has 1 aliphatic heterocycles. The smallest absolute Gasteiger partial charge is 0.163 e. The molecule has 2 fully saturated rings. The molecule has 1 spiro atoms. The highest BCUT2D eigenvalue weighted by molar-refractivity contribution is 6.36. The van der Waals surface area contributed by atoms with Crippen molar-refractivity contribution in [2.24, 2.45) is 0 Å². The molecule has 0 N–H and O–H groups in total. The van der Waals surface area contributed by atoms with Crippen molar-refractivity contribution >= 4 is 22.5 Å². The SMILES string of the molecule is COc1cc2c(Cl)c3c(nc2cc1OCCCN1CCCC1)CCC31CCC1. The van der Waals surface area contributed by atoms with Crippen molar-refractivity contribution in [3.05, 3.63) is 28.4 Å². The molecule has 150 valence electrons. The molecule has 5 rings (SSSR count). The fraction of sp³-hybridized carbons (Fsp3) is 0.609. The van der Waals surface area contributed by atoms with Crippen molar-refractivity contribution in [1.29, 1.82) is 0 Å². The molecule has 2 heterocycles. The van der Waals surface area contributed by atoms with Gasteiger partial charge in [-0.3, -0.25) is 4.98 Å². The van der Waals surface area contributed by atoms with Crippen molar-refractivity contribution in [2.45, 2.75) is 56.8 Å². The summed E-state index contributed by atoms with van der Waals surface area (Å²) in [7, 11) is 1.69. The van der Waals surface area contributed by atoms with Gasteiger partial charge in [-0.25, -0.2) is 0 Å². The van der Waals surface area contributed by atoms with E-state index in [1.807, 2.05) is 12.1 Å². The van der Waals surface area contributed by atoms with Gasteiger partial charge in [0.1, 0.15) is 0 Å². The maximum Gasteiger partial charge on any atom is 0.163 e. The highest BCUT2D eigenvalue weighted by Crippen LogP contribution is 2.55. The number of methoxy groups -OCH3 is 1. The summed E-state index contributed by atoms with van der Waals surface area (Å²) in [6.45, 7) is 4.26. The highest BCUT2D eigenvalue weighted by Gasteiger charge is 2.46. The summed E-state index contributed by atoms with van der Waals surface area (Å²) < 4.78 is 11.7. The maximum atomic E-state index is 6.92. The van der Waals surface area contributed by atoms with Crippen LogP contribution in [-0.4, -0.2) is 43.2 Å². The fourth-order valence-corrected chi connectivity index (χ4v) is 5.80. The Morgan fingerprint density at radius 3 is 2.64 bits per heavy atom. The molecule has 5 heteroatoms. The summed E-state index contributed by atoms with van der Waals surface area (Å²) in [6.07, 6.45) is 9.74. The van der Waals surface area contributed by atoms with Gasteiger partial charge in [0.2, 0.25) is 0 Å². The van der Waals surface area contributed by atoms with E-state index in [1.54, 1.807) is 7.11 Å². The molecule has 0 radical (unpaired) electrons. The van der Waals surface area contributed by atoms with Crippen LogP contribution < -0.4 is 9.47 Å². The molecule has 1 aromatic carbocycles. The lowest BCUT2D eigenvalue weighted by atomic mass is 9.65.